The normalized spacial score (nSPS) is 14.4. The van der Waals surface area contributed by atoms with Crippen LogP contribution in [0.2, 0.25) is 0 Å². The van der Waals surface area contributed by atoms with E-state index in [2.05, 4.69) is 10.1 Å². The summed E-state index contributed by atoms with van der Waals surface area (Å²) < 4.78 is 6.75. The number of nitrogens with zero attached hydrogens (tertiary/aromatic N) is 3. The Kier molecular flexibility index (Phi) is 4.62. The number of hydrogen-bond donors (Lipinski definition) is 1. The van der Waals surface area contributed by atoms with Crippen molar-refractivity contribution in [2.75, 3.05) is 13.2 Å². The summed E-state index contributed by atoms with van der Waals surface area (Å²) in [5, 5.41) is 3.99. The molecule has 0 amide bonds. The van der Waals surface area contributed by atoms with Gasteiger partial charge < -0.3 is 10.5 Å². The number of aromatic nitrogens is 3. The van der Waals surface area contributed by atoms with E-state index in [1.165, 1.54) is 6.33 Å². The number of ether oxygens (including phenoxy) is 1. The summed E-state index contributed by atoms with van der Waals surface area (Å²) in [7, 11) is 1.80. The minimum absolute atomic E-state index is 0.245. The van der Waals surface area contributed by atoms with Crippen molar-refractivity contribution in [3.05, 3.63) is 12.2 Å². The van der Waals surface area contributed by atoms with Crippen LogP contribution in [0.1, 0.15) is 26.1 Å². The summed E-state index contributed by atoms with van der Waals surface area (Å²) >= 11 is 0. The molecular formula is C11H20N4O2. The lowest BCUT2D eigenvalue weighted by molar-refractivity contribution is -0.155. The van der Waals surface area contributed by atoms with E-state index < -0.39 is 5.41 Å². The molecule has 1 aromatic rings. The van der Waals surface area contributed by atoms with Crippen molar-refractivity contribution < 1.29 is 9.53 Å². The Morgan fingerprint density at radius 1 is 1.59 bits per heavy atom. The van der Waals surface area contributed by atoms with Gasteiger partial charge in [-0.25, -0.2) is 4.98 Å². The highest BCUT2D eigenvalue weighted by molar-refractivity contribution is 5.77. The molecule has 1 rings (SSSR count). The number of hydrogen-bond acceptors (Lipinski definition) is 5. The van der Waals surface area contributed by atoms with Gasteiger partial charge in [-0.2, -0.15) is 5.10 Å². The molecule has 6 heteroatoms. The fourth-order valence-electron chi connectivity index (χ4n) is 1.71. The maximum Gasteiger partial charge on any atom is 0.313 e. The van der Waals surface area contributed by atoms with Gasteiger partial charge in [0.15, 0.2) is 0 Å². The minimum atomic E-state index is -0.698. The van der Waals surface area contributed by atoms with Crippen LogP contribution in [0.15, 0.2) is 6.33 Å². The molecule has 0 aliphatic rings. The topological polar surface area (TPSA) is 83.0 Å². The average Bonchev–Trinajstić information content (AvgIpc) is 2.72. The van der Waals surface area contributed by atoms with Gasteiger partial charge in [0.25, 0.3) is 0 Å². The SMILES string of the molecule is CCOC(=O)C(CC)(CN)Cc1ncnn1C. The Hall–Kier alpha value is -1.43. The molecule has 0 spiro atoms. The summed E-state index contributed by atoms with van der Waals surface area (Å²) in [6, 6.07) is 0. The zero-order chi connectivity index (χ0) is 12.9. The van der Waals surface area contributed by atoms with Crippen LogP contribution in [0.5, 0.6) is 0 Å². The fraction of sp³-hybridized carbons (Fsp3) is 0.727. The summed E-state index contributed by atoms with van der Waals surface area (Å²) in [6.07, 6.45) is 2.54. The second kappa shape index (κ2) is 5.77. The van der Waals surface area contributed by atoms with E-state index in [1.807, 2.05) is 6.92 Å². The summed E-state index contributed by atoms with van der Waals surface area (Å²) in [6.45, 7) is 4.33. The van der Waals surface area contributed by atoms with Crippen LogP contribution in [0.25, 0.3) is 0 Å². The van der Waals surface area contributed by atoms with E-state index in [0.29, 0.717) is 19.4 Å². The second-order valence-electron chi connectivity index (χ2n) is 4.04. The zero-order valence-electron chi connectivity index (χ0n) is 10.6. The largest absolute Gasteiger partial charge is 0.466 e. The van der Waals surface area contributed by atoms with Crippen molar-refractivity contribution in [2.45, 2.75) is 26.7 Å². The number of esters is 1. The van der Waals surface area contributed by atoms with Crippen LogP contribution >= 0.6 is 0 Å². The smallest absolute Gasteiger partial charge is 0.313 e. The predicted octanol–water partition coefficient (Wildman–Crippen LogP) is 0.276. The Balaban J connectivity index is 2.92. The Morgan fingerprint density at radius 2 is 2.29 bits per heavy atom. The third-order valence-electron chi connectivity index (χ3n) is 3.08. The molecule has 17 heavy (non-hydrogen) atoms. The average molecular weight is 240 g/mol. The number of carbonyl (C=O) groups is 1. The Labute approximate surface area is 101 Å². The van der Waals surface area contributed by atoms with Crippen molar-refractivity contribution in [3.8, 4) is 0 Å². The monoisotopic (exact) mass is 240 g/mol. The highest BCUT2D eigenvalue weighted by Gasteiger charge is 2.38. The van der Waals surface area contributed by atoms with E-state index in [1.54, 1.807) is 18.7 Å². The lowest BCUT2D eigenvalue weighted by Crippen LogP contribution is -2.42. The second-order valence-corrected chi connectivity index (χ2v) is 4.04. The van der Waals surface area contributed by atoms with Gasteiger partial charge in [-0.15, -0.1) is 0 Å². The number of rotatable bonds is 6. The highest BCUT2D eigenvalue weighted by Crippen LogP contribution is 2.26. The summed E-state index contributed by atoms with van der Waals surface area (Å²) in [4.78, 5) is 16.1. The Morgan fingerprint density at radius 3 is 2.71 bits per heavy atom. The molecule has 0 aliphatic carbocycles. The zero-order valence-corrected chi connectivity index (χ0v) is 10.6. The molecule has 1 aromatic heterocycles. The van der Waals surface area contributed by atoms with Crippen molar-refractivity contribution in [3.63, 3.8) is 0 Å². The standard InChI is InChI=1S/C11H20N4O2/c1-4-11(7-12,10(16)17-5-2)6-9-13-8-14-15(9)3/h8H,4-7,12H2,1-3H3. The van der Waals surface area contributed by atoms with Gasteiger partial charge in [-0.1, -0.05) is 6.92 Å². The molecule has 2 N–H and O–H groups in total. The third kappa shape index (κ3) is 2.82. The molecule has 1 atom stereocenters. The van der Waals surface area contributed by atoms with Gasteiger partial charge in [-0.3, -0.25) is 9.48 Å². The predicted molar refractivity (Wildman–Crippen MR) is 63.1 cm³/mol. The summed E-state index contributed by atoms with van der Waals surface area (Å²) in [5.74, 6) is 0.485. The molecule has 0 bridgehead atoms. The molecular weight excluding hydrogens is 220 g/mol. The lowest BCUT2D eigenvalue weighted by Gasteiger charge is -2.28. The van der Waals surface area contributed by atoms with Gasteiger partial charge in [0.2, 0.25) is 0 Å². The van der Waals surface area contributed by atoms with Crippen LogP contribution < -0.4 is 5.73 Å². The van der Waals surface area contributed by atoms with Crippen LogP contribution in [0, 0.1) is 5.41 Å². The molecule has 6 nitrogen and oxygen atoms in total. The van der Waals surface area contributed by atoms with Crippen LogP contribution in [0.4, 0.5) is 0 Å². The number of nitrogens with two attached hydrogens (primary N) is 1. The van der Waals surface area contributed by atoms with Gasteiger partial charge >= 0.3 is 5.97 Å². The van der Waals surface area contributed by atoms with E-state index in [-0.39, 0.29) is 12.5 Å². The molecule has 0 saturated heterocycles. The van der Waals surface area contributed by atoms with Gasteiger partial charge in [0, 0.05) is 20.0 Å². The third-order valence-corrected chi connectivity index (χ3v) is 3.08. The van der Waals surface area contributed by atoms with Crippen molar-refractivity contribution >= 4 is 5.97 Å². The first-order valence-corrected chi connectivity index (χ1v) is 5.79. The molecule has 0 aliphatic heterocycles. The first-order chi connectivity index (χ1) is 8.09. The molecule has 0 radical (unpaired) electrons. The highest BCUT2D eigenvalue weighted by atomic mass is 16.5. The maximum atomic E-state index is 12.0. The fourth-order valence-corrected chi connectivity index (χ4v) is 1.71. The molecule has 1 heterocycles. The van der Waals surface area contributed by atoms with Crippen LogP contribution in [-0.2, 0) is 23.0 Å². The van der Waals surface area contributed by atoms with Crippen molar-refractivity contribution in [2.24, 2.45) is 18.2 Å². The molecule has 0 fully saturated rings. The summed E-state index contributed by atoms with van der Waals surface area (Å²) in [5.41, 5.74) is 5.06. The number of carbonyl (C=O) groups excluding carboxylic acids is 1. The van der Waals surface area contributed by atoms with E-state index in [4.69, 9.17) is 10.5 Å². The van der Waals surface area contributed by atoms with Gasteiger partial charge in [0.1, 0.15) is 12.2 Å². The number of aryl methyl sites for hydroxylation is 1. The minimum Gasteiger partial charge on any atom is -0.466 e. The van der Waals surface area contributed by atoms with Crippen molar-refractivity contribution in [1.82, 2.24) is 14.8 Å². The lowest BCUT2D eigenvalue weighted by atomic mass is 9.81. The first kappa shape index (κ1) is 13.6. The maximum absolute atomic E-state index is 12.0. The molecule has 0 saturated carbocycles. The van der Waals surface area contributed by atoms with E-state index in [0.717, 1.165) is 5.82 Å². The molecule has 0 aromatic carbocycles. The van der Waals surface area contributed by atoms with E-state index >= 15 is 0 Å². The first-order valence-electron chi connectivity index (χ1n) is 5.79. The Bertz CT molecular complexity index is 371. The quantitative estimate of drug-likeness (QED) is 0.722. The molecule has 1 unspecified atom stereocenters. The van der Waals surface area contributed by atoms with Gasteiger partial charge in [-0.05, 0) is 13.3 Å². The van der Waals surface area contributed by atoms with Crippen LogP contribution in [-0.4, -0.2) is 33.9 Å². The van der Waals surface area contributed by atoms with Crippen LogP contribution in [0.3, 0.4) is 0 Å². The molecule has 96 valence electrons. The van der Waals surface area contributed by atoms with Gasteiger partial charge in [0.05, 0.1) is 12.0 Å². The van der Waals surface area contributed by atoms with E-state index in [9.17, 15) is 4.79 Å². The van der Waals surface area contributed by atoms with Crippen molar-refractivity contribution in [1.29, 1.82) is 0 Å².